The maximum Gasteiger partial charge on any atom is 0.408 e. The topological polar surface area (TPSA) is 44.4 Å². The molecule has 0 bridgehead atoms. The molecule has 1 saturated heterocycles. The van der Waals surface area contributed by atoms with Gasteiger partial charge in [0.2, 0.25) is 0 Å². The van der Waals surface area contributed by atoms with E-state index in [4.69, 9.17) is 0 Å². The number of nitrogens with zero attached hydrogens (tertiary/aromatic N) is 1. The third-order valence-electron chi connectivity index (χ3n) is 2.24. The highest BCUT2D eigenvalue weighted by Crippen LogP contribution is 2.19. The van der Waals surface area contributed by atoms with Crippen molar-refractivity contribution >= 4 is 6.03 Å². The van der Waals surface area contributed by atoms with E-state index in [-0.39, 0.29) is 0 Å². The first kappa shape index (κ1) is 12.1. The third kappa shape index (κ3) is 3.58. The molecule has 15 heavy (non-hydrogen) atoms. The molecule has 7 heteroatoms. The minimum absolute atomic E-state index is 0.441. The van der Waals surface area contributed by atoms with E-state index < -0.39 is 18.2 Å². The summed E-state index contributed by atoms with van der Waals surface area (Å²) in [4.78, 5) is 12.7. The van der Waals surface area contributed by atoms with Crippen LogP contribution < -0.4 is 10.6 Å². The number of hydrogen-bond donors (Lipinski definition) is 2. The Morgan fingerprint density at radius 3 is 2.40 bits per heavy atom. The van der Waals surface area contributed by atoms with E-state index in [2.05, 4.69) is 5.32 Å². The van der Waals surface area contributed by atoms with Crippen molar-refractivity contribution < 1.29 is 18.0 Å². The molecule has 0 unspecified atom stereocenters. The molecule has 1 atom stereocenters. The van der Waals surface area contributed by atoms with Crippen molar-refractivity contribution in [3.63, 3.8) is 0 Å². The first-order valence-corrected chi connectivity index (χ1v) is 4.74. The number of amides is 2. The molecular formula is C8H14F3N3O. The summed E-state index contributed by atoms with van der Waals surface area (Å²) in [5.41, 5.74) is 0. The van der Waals surface area contributed by atoms with Crippen LogP contribution in [0.1, 0.15) is 6.92 Å². The third-order valence-corrected chi connectivity index (χ3v) is 2.24. The fraction of sp³-hybridized carbons (Fsp3) is 0.875. The highest BCUT2D eigenvalue weighted by Gasteiger charge is 2.37. The van der Waals surface area contributed by atoms with Crippen LogP contribution in [0.2, 0.25) is 0 Å². The average Bonchev–Trinajstić information content (AvgIpc) is 2.17. The molecule has 0 aliphatic carbocycles. The Kier molecular flexibility index (Phi) is 3.78. The van der Waals surface area contributed by atoms with Crippen LogP contribution >= 0.6 is 0 Å². The van der Waals surface area contributed by atoms with Crippen LogP contribution in [0, 0.1) is 0 Å². The smallest absolute Gasteiger partial charge is 0.326 e. The Balaban J connectivity index is 2.40. The van der Waals surface area contributed by atoms with Gasteiger partial charge in [0.1, 0.15) is 6.04 Å². The van der Waals surface area contributed by atoms with Crippen LogP contribution in [0.15, 0.2) is 0 Å². The van der Waals surface area contributed by atoms with Crippen LogP contribution in [-0.4, -0.2) is 49.3 Å². The highest BCUT2D eigenvalue weighted by molar-refractivity contribution is 5.74. The summed E-state index contributed by atoms with van der Waals surface area (Å²) < 4.78 is 36.4. The molecule has 0 aromatic heterocycles. The maximum atomic E-state index is 12.1. The lowest BCUT2D eigenvalue weighted by atomic mass is 10.3. The van der Waals surface area contributed by atoms with Gasteiger partial charge >= 0.3 is 12.2 Å². The minimum atomic E-state index is -4.39. The van der Waals surface area contributed by atoms with Crippen LogP contribution in [0.25, 0.3) is 0 Å². The highest BCUT2D eigenvalue weighted by atomic mass is 19.4. The van der Waals surface area contributed by atoms with Crippen molar-refractivity contribution in [1.82, 2.24) is 15.5 Å². The summed E-state index contributed by atoms with van der Waals surface area (Å²) in [5, 5.41) is 4.93. The summed E-state index contributed by atoms with van der Waals surface area (Å²) in [7, 11) is 0. The van der Waals surface area contributed by atoms with E-state index >= 15 is 0 Å². The molecule has 1 aliphatic rings. The molecule has 4 nitrogen and oxygen atoms in total. The number of hydrogen-bond acceptors (Lipinski definition) is 2. The second-order valence-corrected chi connectivity index (χ2v) is 3.45. The summed E-state index contributed by atoms with van der Waals surface area (Å²) in [5.74, 6) is 0. The number of alkyl halides is 3. The monoisotopic (exact) mass is 225 g/mol. The molecule has 1 rings (SSSR count). The van der Waals surface area contributed by atoms with Crippen molar-refractivity contribution in [3.05, 3.63) is 0 Å². The second-order valence-electron chi connectivity index (χ2n) is 3.45. The molecule has 88 valence electrons. The number of rotatable bonds is 1. The van der Waals surface area contributed by atoms with E-state index in [0.29, 0.717) is 26.2 Å². The molecule has 0 spiro atoms. The van der Waals surface area contributed by atoms with Gasteiger partial charge in [-0.25, -0.2) is 4.79 Å². The first-order chi connectivity index (χ1) is 6.91. The van der Waals surface area contributed by atoms with Crippen molar-refractivity contribution in [2.45, 2.75) is 19.1 Å². The fourth-order valence-electron chi connectivity index (χ4n) is 1.23. The number of piperazine rings is 1. The summed E-state index contributed by atoms with van der Waals surface area (Å²) in [6, 6.07) is -2.46. The maximum absolute atomic E-state index is 12.1. The number of nitrogens with one attached hydrogen (secondary N) is 2. The molecule has 1 heterocycles. The summed E-state index contributed by atoms with van der Waals surface area (Å²) in [6.45, 7) is 3.05. The number of urea groups is 1. The van der Waals surface area contributed by atoms with Gasteiger partial charge in [-0.1, -0.05) is 0 Å². The van der Waals surface area contributed by atoms with Crippen molar-refractivity contribution in [1.29, 1.82) is 0 Å². The van der Waals surface area contributed by atoms with Crippen molar-refractivity contribution in [3.8, 4) is 0 Å². The molecule has 2 amide bonds. The summed E-state index contributed by atoms with van der Waals surface area (Å²) >= 11 is 0. The molecule has 0 saturated carbocycles. The second kappa shape index (κ2) is 4.69. The molecule has 0 aromatic rings. The van der Waals surface area contributed by atoms with Gasteiger partial charge in [-0.15, -0.1) is 0 Å². The average molecular weight is 225 g/mol. The van der Waals surface area contributed by atoms with Gasteiger partial charge in [-0.2, -0.15) is 13.2 Å². The minimum Gasteiger partial charge on any atom is -0.326 e. The van der Waals surface area contributed by atoms with Crippen LogP contribution in [0.3, 0.4) is 0 Å². The number of carbonyl (C=O) groups excluding carboxylic acids is 1. The lowest BCUT2D eigenvalue weighted by Gasteiger charge is -2.29. The SMILES string of the molecule is C[C@@H](NC(=O)N1CCNCC1)C(F)(F)F. The van der Waals surface area contributed by atoms with Crippen LogP contribution in [0.4, 0.5) is 18.0 Å². The largest absolute Gasteiger partial charge is 0.408 e. The molecule has 1 fully saturated rings. The zero-order valence-corrected chi connectivity index (χ0v) is 8.40. The Morgan fingerprint density at radius 2 is 1.93 bits per heavy atom. The zero-order valence-electron chi connectivity index (χ0n) is 8.40. The van der Waals surface area contributed by atoms with Crippen molar-refractivity contribution in [2.75, 3.05) is 26.2 Å². The lowest BCUT2D eigenvalue weighted by molar-refractivity contribution is -0.149. The Hall–Kier alpha value is -0.980. The van der Waals surface area contributed by atoms with Gasteiger partial charge in [0.15, 0.2) is 0 Å². The van der Waals surface area contributed by atoms with E-state index in [1.54, 1.807) is 0 Å². The van der Waals surface area contributed by atoms with Gasteiger partial charge < -0.3 is 15.5 Å². The van der Waals surface area contributed by atoms with E-state index in [9.17, 15) is 18.0 Å². The quantitative estimate of drug-likeness (QED) is 0.684. The number of halogens is 3. The van der Waals surface area contributed by atoms with Gasteiger partial charge in [0.05, 0.1) is 0 Å². The van der Waals surface area contributed by atoms with Crippen LogP contribution in [-0.2, 0) is 0 Å². The fourth-order valence-corrected chi connectivity index (χ4v) is 1.23. The first-order valence-electron chi connectivity index (χ1n) is 4.74. The predicted octanol–water partition coefficient (Wildman–Crippen LogP) is 0.552. The van der Waals surface area contributed by atoms with Gasteiger partial charge in [-0.3, -0.25) is 0 Å². The van der Waals surface area contributed by atoms with Gasteiger partial charge in [0, 0.05) is 26.2 Å². The normalized spacial score (nSPS) is 19.9. The predicted molar refractivity (Wildman–Crippen MR) is 48.5 cm³/mol. The standard InChI is InChI=1S/C8H14F3N3O/c1-6(8(9,10)11)13-7(15)14-4-2-12-3-5-14/h6,12H,2-5H2,1H3,(H,13,15)/t6-/m1/s1. The molecule has 0 radical (unpaired) electrons. The van der Waals surface area contributed by atoms with E-state index in [1.165, 1.54) is 4.90 Å². The Bertz CT molecular complexity index is 226. The van der Waals surface area contributed by atoms with Gasteiger partial charge in [-0.05, 0) is 6.92 Å². The Labute approximate surface area is 85.8 Å². The lowest BCUT2D eigenvalue weighted by Crippen LogP contribution is -2.54. The summed E-state index contributed by atoms with van der Waals surface area (Å²) in [6.07, 6.45) is -4.39. The molecule has 1 aliphatic heterocycles. The van der Waals surface area contributed by atoms with E-state index in [0.717, 1.165) is 6.92 Å². The Morgan fingerprint density at radius 1 is 1.40 bits per heavy atom. The molecule has 2 N–H and O–H groups in total. The molecule has 0 aromatic carbocycles. The molecular weight excluding hydrogens is 211 g/mol. The van der Waals surface area contributed by atoms with Crippen LogP contribution in [0.5, 0.6) is 0 Å². The zero-order chi connectivity index (χ0) is 11.5. The van der Waals surface area contributed by atoms with Crippen molar-refractivity contribution in [2.24, 2.45) is 0 Å². The van der Waals surface area contributed by atoms with Gasteiger partial charge in [0.25, 0.3) is 0 Å². The number of carbonyl (C=O) groups is 1. The van der Waals surface area contributed by atoms with E-state index in [1.807, 2.05) is 5.32 Å².